The lowest BCUT2D eigenvalue weighted by atomic mass is 9.64. The highest BCUT2D eigenvalue weighted by atomic mass is 14.9. The SMILES string of the molecule is CNC(C)CC1(CC(C)NC)C(c2ccccc2)=C(c2ccccc2)C(c2ccccc2)=C1c1ccccc1. The van der Waals surface area contributed by atoms with Crippen molar-refractivity contribution in [1.29, 1.82) is 0 Å². The number of nitrogens with one attached hydrogen (secondary N) is 2. The van der Waals surface area contributed by atoms with Gasteiger partial charge in [0.05, 0.1) is 0 Å². The summed E-state index contributed by atoms with van der Waals surface area (Å²) in [7, 11) is 4.17. The van der Waals surface area contributed by atoms with Crippen LogP contribution in [-0.2, 0) is 0 Å². The van der Waals surface area contributed by atoms with Crippen LogP contribution in [0.4, 0.5) is 0 Å². The number of hydrogen-bond acceptors (Lipinski definition) is 2. The van der Waals surface area contributed by atoms with Crippen molar-refractivity contribution in [3.63, 3.8) is 0 Å². The molecule has 1 aliphatic rings. The Balaban J connectivity index is 1.99. The molecular formula is C37H40N2. The average molecular weight is 513 g/mol. The fourth-order valence-corrected chi connectivity index (χ4v) is 6.43. The topological polar surface area (TPSA) is 24.1 Å². The molecule has 0 radical (unpaired) electrons. The molecule has 2 atom stereocenters. The van der Waals surface area contributed by atoms with Crippen molar-refractivity contribution in [2.75, 3.05) is 14.1 Å². The maximum Gasteiger partial charge on any atom is 0.0256 e. The first kappa shape index (κ1) is 26.9. The summed E-state index contributed by atoms with van der Waals surface area (Å²) in [6.07, 6.45) is 1.97. The van der Waals surface area contributed by atoms with Crippen molar-refractivity contribution in [1.82, 2.24) is 10.6 Å². The third-order valence-electron chi connectivity index (χ3n) is 8.25. The normalized spacial score (nSPS) is 16.4. The minimum Gasteiger partial charge on any atom is -0.317 e. The molecule has 0 heterocycles. The first-order chi connectivity index (χ1) is 19.1. The fraction of sp³-hybridized carbons (Fsp3) is 0.243. The van der Waals surface area contributed by atoms with E-state index in [0.29, 0.717) is 12.1 Å². The molecule has 39 heavy (non-hydrogen) atoms. The molecule has 2 nitrogen and oxygen atoms in total. The van der Waals surface area contributed by atoms with Crippen LogP contribution in [-0.4, -0.2) is 26.2 Å². The van der Waals surface area contributed by atoms with Crippen LogP contribution >= 0.6 is 0 Å². The van der Waals surface area contributed by atoms with Gasteiger partial charge in [-0.1, -0.05) is 121 Å². The van der Waals surface area contributed by atoms with Gasteiger partial charge in [0.2, 0.25) is 0 Å². The average Bonchev–Trinajstić information content (AvgIpc) is 3.28. The molecule has 198 valence electrons. The smallest absolute Gasteiger partial charge is 0.0256 e. The molecule has 0 fully saturated rings. The molecule has 2 heteroatoms. The van der Waals surface area contributed by atoms with Crippen LogP contribution in [0.3, 0.4) is 0 Å². The third-order valence-corrected chi connectivity index (χ3v) is 8.25. The molecule has 2 N–H and O–H groups in total. The molecule has 0 bridgehead atoms. The monoisotopic (exact) mass is 512 g/mol. The molecular weight excluding hydrogens is 472 g/mol. The summed E-state index contributed by atoms with van der Waals surface area (Å²) in [4.78, 5) is 0. The number of allylic oxidation sites excluding steroid dienone is 4. The quantitative estimate of drug-likeness (QED) is 0.224. The molecule has 5 rings (SSSR count). The second-order valence-corrected chi connectivity index (χ2v) is 10.8. The lowest BCUT2D eigenvalue weighted by Crippen LogP contribution is -2.38. The Morgan fingerprint density at radius 1 is 0.462 bits per heavy atom. The zero-order chi connectivity index (χ0) is 27.2. The van der Waals surface area contributed by atoms with E-state index >= 15 is 0 Å². The van der Waals surface area contributed by atoms with Gasteiger partial charge in [-0.05, 0) is 85.3 Å². The van der Waals surface area contributed by atoms with Gasteiger partial charge in [-0.2, -0.15) is 0 Å². The van der Waals surface area contributed by atoms with Gasteiger partial charge in [0.25, 0.3) is 0 Å². The van der Waals surface area contributed by atoms with E-state index in [0.717, 1.165) is 12.8 Å². The number of hydrogen-bond donors (Lipinski definition) is 2. The van der Waals surface area contributed by atoms with Gasteiger partial charge in [0, 0.05) is 17.5 Å². The number of benzene rings is 4. The van der Waals surface area contributed by atoms with Crippen molar-refractivity contribution >= 4 is 22.3 Å². The summed E-state index contributed by atoms with van der Waals surface area (Å²) >= 11 is 0. The van der Waals surface area contributed by atoms with Crippen molar-refractivity contribution in [2.24, 2.45) is 5.41 Å². The van der Waals surface area contributed by atoms with Gasteiger partial charge in [0.1, 0.15) is 0 Å². The predicted molar refractivity (Wildman–Crippen MR) is 168 cm³/mol. The van der Waals surface area contributed by atoms with E-state index in [-0.39, 0.29) is 5.41 Å². The van der Waals surface area contributed by atoms with Crippen molar-refractivity contribution in [3.05, 3.63) is 144 Å². The highest BCUT2D eigenvalue weighted by molar-refractivity contribution is 6.29. The van der Waals surface area contributed by atoms with Gasteiger partial charge < -0.3 is 10.6 Å². The molecule has 0 saturated carbocycles. The van der Waals surface area contributed by atoms with Crippen LogP contribution in [0.5, 0.6) is 0 Å². The van der Waals surface area contributed by atoms with Crippen LogP contribution in [0.15, 0.2) is 121 Å². The predicted octanol–water partition coefficient (Wildman–Crippen LogP) is 8.20. The minimum atomic E-state index is -0.232. The first-order valence-electron chi connectivity index (χ1n) is 14.1. The summed E-state index contributed by atoms with van der Waals surface area (Å²) in [5.41, 5.74) is 10.4. The Morgan fingerprint density at radius 3 is 1.03 bits per heavy atom. The second-order valence-electron chi connectivity index (χ2n) is 10.8. The van der Waals surface area contributed by atoms with E-state index in [1.165, 1.54) is 44.5 Å². The van der Waals surface area contributed by atoms with Crippen molar-refractivity contribution in [3.8, 4) is 0 Å². The summed E-state index contributed by atoms with van der Waals surface area (Å²) in [5.74, 6) is 0. The van der Waals surface area contributed by atoms with Crippen LogP contribution in [0.25, 0.3) is 22.3 Å². The van der Waals surface area contributed by atoms with Crippen molar-refractivity contribution in [2.45, 2.75) is 38.8 Å². The zero-order valence-electron chi connectivity index (χ0n) is 23.6. The van der Waals surface area contributed by atoms with Gasteiger partial charge in [-0.25, -0.2) is 0 Å². The van der Waals surface area contributed by atoms with E-state index in [2.05, 4.69) is 160 Å². The van der Waals surface area contributed by atoms with E-state index in [1.807, 2.05) is 0 Å². The first-order valence-corrected chi connectivity index (χ1v) is 14.1. The molecule has 0 amide bonds. The highest BCUT2D eigenvalue weighted by Crippen LogP contribution is 2.64. The highest BCUT2D eigenvalue weighted by Gasteiger charge is 2.49. The molecule has 1 aliphatic carbocycles. The molecule has 0 saturated heterocycles. The zero-order valence-corrected chi connectivity index (χ0v) is 23.6. The summed E-state index contributed by atoms with van der Waals surface area (Å²) in [5, 5.41) is 7.19. The van der Waals surface area contributed by atoms with E-state index in [9.17, 15) is 0 Å². The summed E-state index contributed by atoms with van der Waals surface area (Å²) in [6.45, 7) is 4.64. The lowest BCUT2D eigenvalue weighted by molar-refractivity contribution is 0.350. The Labute approximate surface area is 234 Å². The van der Waals surface area contributed by atoms with Gasteiger partial charge in [-0.15, -0.1) is 0 Å². The van der Waals surface area contributed by atoms with Crippen LogP contribution in [0.1, 0.15) is 48.9 Å². The third kappa shape index (κ3) is 5.28. The van der Waals surface area contributed by atoms with Crippen LogP contribution < -0.4 is 10.6 Å². The standard InChI is InChI=1S/C37H40N2/c1-27(38-3)25-37(26-28(2)39-4)35(31-21-13-7-14-22-31)33(29-17-9-5-10-18-29)34(30-19-11-6-12-20-30)36(37)32-23-15-8-16-24-32/h5-24,27-28,38-39H,25-26H2,1-4H3. The maximum atomic E-state index is 3.60. The maximum absolute atomic E-state index is 3.60. The van der Waals surface area contributed by atoms with Gasteiger partial charge >= 0.3 is 0 Å². The Morgan fingerprint density at radius 2 is 0.744 bits per heavy atom. The largest absolute Gasteiger partial charge is 0.317 e. The lowest BCUT2D eigenvalue weighted by Gasteiger charge is -2.41. The van der Waals surface area contributed by atoms with Gasteiger partial charge in [-0.3, -0.25) is 0 Å². The Hall–Kier alpha value is -3.72. The molecule has 4 aromatic carbocycles. The van der Waals surface area contributed by atoms with Gasteiger partial charge in [0.15, 0.2) is 0 Å². The fourth-order valence-electron chi connectivity index (χ4n) is 6.43. The molecule has 0 spiro atoms. The van der Waals surface area contributed by atoms with E-state index < -0.39 is 0 Å². The molecule has 0 aromatic heterocycles. The Kier molecular flexibility index (Phi) is 8.26. The summed E-state index contributed by atoms with van der Waals surface area (Å²) < 4.78 is 0. The van der Waals surface area contributed by atoms with Crippen LogP contribution in [0, 0.1) is 5.41 Å². The summed E-state index contributed by atoms with van der Waals surface area (Å²) in [6, 6.07) is 44.9. The number of rotatable bonds is 10. The molecule has 4 aromatic rings. The Bertz CT molecular complexity index is 1310. The van der Waals surface area contributed by atoms with Crippen LogP contribution in [0.2, 0.25) is 0 Å². The minimum absolute atomic E-state index is 0.232. The van der Waals surface area contributed by atoms with E-state index in [1.54, 1.807) is 0 Å². The second kappa shape index (κ2) is 12.0. The van der Waals surface area contributed by atoms with E-state index in [4.69, 9.17) is 0 Å². The molecule has 0 aliphatic heterocycles. The van der Waals surface area contributed by atoms with Crippen molar-refractivity contribution < 1.29 is 0 Å². The molecule has 2 unspecified atom stereocenters.